The van der Waals surface area contributed by atoms with E-state index in [0.717, 1.165) is 32.2 Å². The van der Waals surface area contributed by atoms with Gasteiger partial charge in [0.05, 0.1) is 13.2 Å². The van der Waals surface area contributed by atoms with Crippen LogP contribution in [0, 0.1) is 0 Å². The Morgan fingerprint density at radius 2 is 2.00 bits per heavy atom. The number of hydrogen-bond acceptors (Lipinski definition) is 3. The average Bonchev–Trinajstić information content (AvgIpc) is 2.59. The molecule has 1 saturated heterocycles. The van der Waals surface area contributed by atoms with Gasteiger partial charge in [-0.25, -0.2) is 0 Å². The summed E-state index contributed by atoms with van der Waals surface area (Å²) in [5, 5.41) is 0. The van der Waals surface area contributed by atoms with E-state index in [4.69, 9.17) is 9.47 Å². The lowest BCUT2D eigenvalue weighted by atomic mass is 9.95. The minimum Gasteiger partial charge on any atom is -0.382 e. The Kier molecular flexibility index (Phi) is 8.12. The fourth-order valence-corrected chi connectivity index (χ4v) is 3.14. The molecule has 4 nitrogen and oxygen atoms in total. The van der Waals surface area contributed by atoms with Gasteiger partial charge in [0.2, 0.25) is 5.91 Å². The van der Waals surface area contributed by atoms with Crippen molar-refractivity contribution < 1.29 is 14.3 Å². The molecule has 0 N–H and O–H groups in total. The molecule has 23 heavy (non-hydrogen) atoms. The van der Waals surface area contributed by atoms with Crippen LogP contribution < -0.4 is 0 Å². The molecule has 1 amide bonds. The first-order chi connectivity index (χ1) is 11.3. The fourth-order valence-electron chi connectivity index (χ4n) is 3.14. The molecular formula is C19H29NO3. The smallest absolute Gasteiger partial charge is 0.222 e. The normalized spacial score (nSPS) is 18.1. The zero-order valence-electron chi connectivity index (χ0n) is 14.2. The third-order valence-corrected chi connectivity index (χ3v) is 4.37. The fraction of sp³-hybridized carbons (Fsp3) is 0.632. The Morgan fingerprint density at radius 3 is 2.78 bits per heavy atom. The van der Waals surface area contributed by atoms with Crippen LogP contribution in [-0.4, -0.2) is 50.3 Å². The number of hydrogen-bond donors (Lipinski definition) is 0. The summed E-state index contributed by atoms with van der Waals surface area (Å²) in [5.41, 5.74) is 1.32. The molecule has 1 aromatic carbocycles. The molecule has 1 aliphatic rings. The number of carbonyl (C=O) groups is 1. The van der Waals surface area contributed by atoms with Crippen LogP contribution in [0.25, 0.3) is 0 Å². The number of carbonyl (C=O) groups excluding carboxylic acids is 1. The number of rotatable bonds is 9. The first-order valence-corrected chi connectivity index (χ1v) is 8.71. The Balaban J connectivity index is 1.77. The van der Waals surface area contributed by atoms with Crippen molar-refractivity contribution in [3.63, 3.8) is 0 Å². The van der Waals surface area contributed by atoms with E-state index in [9.17, 15) is 4.79 Å². The molecule has 1 aromatic rings. The molecule has 0 radical (unpaired) electrons. The number of likely N-dealkylation sites (tertiary alicyclic amines) is 1. The van der Waals surface area contributed by atoms with Crippen molar-refractivity contribution in [3.8, 4) is 0 Å². The van der Waals surface area contributed by atoms with Crippen LogP contribution in [0.2, 0.25) is 0 Å². The predicted octanol–water partition coefficient (Wildman–Crippen LogP) is 3.05. The van der Waals surface area contributed by atoms with Gasteiger partial charge < -0.3 is 14.4 Å². The van der Waals surface area contributed by atoms with Crippen molar-refractivity contribution in [1.29, 1.82) is 0 Å². The highest BCUT2D eigenvalue weighted by molar-refractivity contribution is 5.76. The van der Waals surface area contributed by atoms with E-state index in [0.29, 0.717) is 32.3 Å². The molecule has 2 rings (SSSR count). The SMILES string of the molecule is COCCOCCCC(=O)N1CCCCC1Cc1ccccc1. The van der Waals surface area contributed by atoms with Gasteiger partial charge in [-0.3, -0.25) is 4.79 Å². The molecule has 0 aliphatic carbocycles. The van der Waals surface area contributed by atoms with E-state index in [2.05, 4.69) is 29.2 Å². The van der Waals surface area contributed by atoms with E-state index in [1.165, 1.54) is 12.0 Å². The van der Waals surface area contributed by atoms with Crippen LogP contribution in [0.3, 0.4) is 0 Å². The minimum atomic E-state index is 0.279. The summed E-state index contributed by atoms with van der Waals surface area (Å²) in [4.78, 5) is 14.6. The molecule has 128 valence electrons. The molecule has 0 spiro atoms. The van der Waals surface area contributed by atoms with Gasteiger partial charge in [0.15, 0.2) is 0 Å². The molecule has 4 heteroatoms. The second-order valence-corrected chi connectivity index (χ2v) is 6.14. The number of piperidine rings is 1. The third-order valence-electron chi connectivity index (χ3n) is 4.37. The summed E-state index contributed by atoms with van der Waals surface area (Å²) in [6.45, 7) is 2.75. The summed E-state index contributed by atoms with van der Waals surface area (Å²) < 4.78 is 10.4. The Hall–Kier alpha value is -1.39. The molecule has 1 atom stereocenters. The van der Waals surface area contributed by atoms with Crippen molar-refractivity contribution in [1.82, 2.24) is 4.90 Å². The number of benzene rings is 1. The van der Waals surface area contributed by atoms with Crippen LogP contribution in [0.15, 0.2) is 30.3 Å². The Labute approximate surface area is 139 Å². The number of methoxy groups -OCH3 is 1. The zero-order valence-corrected chi connectivity index (χ0v) is 14.2. The van der Waals surface area contributed by atoms with Gasteiger partial charge in [0.25, 0.3) is 0 Å². The van der Waals surface area contributed by atoms with Gasteiger partial charge in [-0.05, 0) is 37.7 Å². The van der Waals surface area contributed by atoms with E-state index >= 15 is 0 Å². The van der Waals surface area contributed by atoms with Crippen molar-refractivity contribution in [3.05, 3.63) is 35.9 Å². The van der Waals surface area contributed by atoms with Gasteiger partial charge in [0.1, 0.15) is 0 Å². The minimum absolute atomic E-state index is 0.279. The summed E-state index contributed by atoms with van der Waals surface area (Å²) in [6, 6.07) is 10.8. The lowest BCUT2D eigenvalue weighted by molar-refractivity contribution is -0.135. The standard InChI is InChI=1S/C19H29NO3/c1-22-14-15-23-13-7-11-19(21)20-12-6-5-10-18(20)16-17-8-3-2-4-9-17/h2-4,8-9,18H,5-7,10-16H2,1H3. The van der Waals surface area contributed by atoms with Crippen molar-refractivity contribution in [2.24, 2.45) is 0 Å². The summed E-state index contributed by atoms with van der Waals surface area (Å²) in [6.07, 6.45) is 5.81. The number of amides is 1. The van der Waals surface area contributed by atoms with Crippen molar-refractivity contribution >= 4 is 5.91 Å². The third kappa shape index (κ3) is 6.32. The number of ether oxygens (including phenoxy) is 2. The van der Waals surface area contributed by atoms with Crippen molar-refractivity contribution in [2.75, 3.05) is 33.5 Å². The molecule has 0 bridgehead atoms. The van der Waals surface area contributed by atoms with Crippen LogP contribution in [0.4, 0.5) is 0 Å². The average molecular weight is 319 g/mol. The lowest BCUT2D eigenvalue weighted by Crippen LogP contribution is -2.44. The van der Waals surface area contributed by atoms with Crippen molar-refractivity contribution in [2.45, 2.75) is 44.6 Å². The van der Waals surface area contributed by atoms with E-state index in [-0.39, 0.29) is 5.91 Å². The van der Waals surface area contributed by atoms with Gasteiger partial charge in [-0.1, -0.05) is 30.3 Å². The van der Waals surface area contributed by atoms with E-state index in [1.54, 1.807) is 7.11 Å². The van der Waals surface area contributed by atoms with Crippen LogP contribution in [0.5, 0.6) is 0 Å². The van der Waals surface area contributed by atoms with Gasteiger partial charge in [-0.15, -0.1) is 0 Å². The van der Waals surface area contributed by atoms with Crippen LogP contribution in [-0.2, 0) is 20.7 Å². The summed E-state index contributed by atoms with van der Waals surface area (Å²) >= 11 is 0. The summed E-state index contributed by atoms with van der Waals surface area (Å²) in [5.74, 6) is 0.279. The molecule has 0 saturated carbocycles. The second kappa shape index (κ2) is 10.4. The zero-order chi connectivity index (χ0) is 16.3. The van der Waals surface area contributed by atoms with Gasteiger partial charge in [-0.2, -0.15) is 0 Å². The molecule has 1 heterocycles. The molecular weight excluding hydrogens is 290 g/mol. The maximum atomic E-state index is 12.5. The van der Waals surface area contributed by atoms with Gasteiger partial charge in [0, 0.05) is 32.7 Å². The van der Waals surface area contributed by atoms with E-state index < -0.39 is 0 Å². The number of nitrogens with zero attached hydrogens (tertiary/aromatic N) is 1. The first kappa shape index (κ1) is 18.0. The Morgan fingerprint density at radius 1 is 1.17 bits per heavy atom. The first-order valence-electron chi connectivity index (χ1n) is 8.71. The monoisotopic (exact) mass is 319 g/mol. The van der Waals surface area contributed by atoms with Gasteiger partial charge >= 0.3 is 0 Å². The Bertz CT molecular complexity index is 449. The lowest BCUT2D eigenvalue weighted by Gasteiger charge is -2.36. The molecule has 1 unspecified atom stereocenters. The predicted molar refractivity (Wildman–Crippen MR) is 91.4 cm³/mol. The van der Waals surface area contributed by atoms with Crippen LogP contribution in [0.1, 0.15) is 37.7 Å². The largest absolute Gasteiger partial charge is 0.382 e. The maximum Gasteiger partial charge on any atom is 0.222 e. The maximum absolute atomic E-state index is 12.5. The highest BCUT2D eigenvalue weighted by Crippen LogP contribution is 2.21. The molecule has 1 aliphatic heterocycles. The summed E-state index contributed by atoms with van der Waals surface area (Å²) in [7, 11) is 1.66. The topological polar surface area (TPSA) is 38.8 Å². The van der Waals surface area contributed by atoms with Crippen LogP contribution >= 0.6 is 0 Å². The molecule has 0 aromatic heterocycles. The quantitative estimate of drug-likeness (QED) is 0.657. The molecule has 1 fully saturated rings. The highest BCUT2D eigenvalue weighted by Gasteiger charge is 2.26. The highest BCUT2D eigenvalue weighted by atomic mass is 16.5. The second-order valence-electron chi connectivity index (χ2n) is 6.14. The van der Waals surface area contributed by atoms with E-state index in [1.807, 2.05) is 6.07 Å².